The van der Waals surface area contributed by atoms with Gasteiger partial charge >= 0.3 is 0 Å². The Bertz CT molecular complexity index is 1590. The van der Waals surface area contributed by atoms with Crippen molar-refractivity contribution in [1.29, 1.82) is 0 Å². The van der Waals surface area contributed by atoms with E-state index in [4.69, 9.17) is 9.84 Å². The van der Waals surface area contributed by atoms with Crippen LogP contribution in [0.25, 0.3) is 39.1 Å². The van der Waals surface area contributed by atoms with E-state index < -0.39 is 0 Å². The molecule has 192 valence electrons. The van der Waals surface area contributed by atoms with E-state index in [2.05, 4.69) is 87.9 Å². The zero-order valence-electron chi connectivity index (χ0n) is 21.7. The molecule has 0 aliphatic carbocycles. The largest absolute Gasteiger partial charge is 0.356 e. The van der Waals surface area contributed by atoms with Crippen molar-refractivity contribution in [3.63, 3.8) is 0 Å². The van der Waals surface area contributed by atoms with Crippen molar-refractivity contribution in [2.24, 2.45) is 0 Å². The molecule has 0 amide bonds. The van der Waals surface area contributed by atoms with Gasteiger partial charge in [0.15, 0.2) is 6.23 Å². The molecule has 7 heteroatoms. The lowest BCUT2D eigenvalue weighted by molar-refractivity contribution is -0.0365. The molecule has 0 bridgehead atoms. The number of rotatable bonds is 5. The average molecular weight is 505 g/mol. The third kappa shape index (κ3) is 4.22. The molecule has 1 atom stereocenters. The summed E-state index contributed by atoms with van der Waals surface area (Å²) >= 11 is 0. The van der Waals surface area contributed by atoms with E-state index in [1.165, 1.54) is 27.8 Å². The van der Waals surface area contributed by atoms with Crippen molar-refractivity contribution >= 4 is 10.9 Å². The van der Waals surface area contributed by atoms with Crippen LogP contribution >= 0.6 is 0 Å². The molecular formula is C31H32N6O. The zero-order valence-corrected chi connectivity index (χ0v) is 21.7. The van der Waals surface area contributed by atoms with E-state index in [1.54, 1.807) is 0 Å². The number of hydrogen-bond acceptors (Lipinski definition) is 5. The van der Waals surface area contributed by atoms with Gasteiger partial charge in [-0.25, -0.2) is 9.36 Å². The molecule has 38 heavy (non-hydrogen) atoms. The molecule has 0 radical (unpaired) electrons. The third-order valence-corrected chi connectivity index (χ3v) is 7.91. The first kappa shape index (κ1) is 23.3. The van der Waals surface area contributed by atoms with Crippen LogP contribution in [0.1, 0.15) is 49.1 Å². The van der Waals surface area contributed by atoms with Gasteiger partial charge in [0.1, 0.15) is 11.4 Å². The highest BCUT2D eigenvalue weighted by Crippen LogP contribution is 2.35. The molecule has 2 aliphatic heterocycles. The highest BCUT2D eigenvalue weighted by molar-refractivity contribution is 5.95. The molecule has 0 saturated carbocycles. The number of ether oxygens (including phenoxy) is 1. The van der Waals surface area contributed by atoms with Crippen LogP contribution in [0.3, 0.4) is 0 Å². The summed E-state index contributed by atoms with van der Waals surface area (Å²) in [4.78, 5) is 0. The monoisotopic (exact) mass is 504 g/mol. The zero-order chi connectivity index (χ0) is 25.5. The Balaban J connectivity index is 1.32. The maximum atomic E-state index is 6.14. The number of aromatic nitrogens is 5. The molecule has 3 aromatic carbocycles. The standard InChI is InChI=1S/C31H32N6O/c1-2-21-6-8-22(9-7-21)24-11-13-29-27(18-24)31(34-37(29)30-5-3-4-16-38-30)28-20-36(35-33-28)26-12-10-23-14-15-32-19-25(23)17-26/h6-13,17-18,20,30,32H,2-5,14-16,19H2,1H3. The maximum absolute atomic E-state index is 6.14. The van der Waals surface area contributed by atoms with Gasteiger partial charge in [0.05, 0.1) is 17.4 Å². The molecule has 4 heterocycles. The summed E-state index contributed by atoms with van der Waals surface area (Å²) in [6.07, 6.45) is 7.25. The minimum atomic E-state index is -0.0575. The van der Waals surface area contributed by atoms with E-state index in [-0.39, 0.29) is 6.23 Å². The van der Waals surface area contributed by atoms with E-state index in [9.17, 15) is 0 Å². The Kier molecular flexibility index (Phi) is 6.02. The van der Waals surface area contributed by atoms with E-state index in [0.717, 1.165) is 79.8 Å². The topological polar surface area (TPSA) is 69.8 Å². The van der Waals surface area contributed by atoms with Crippen LogP contribution in [0.5, 0.6) is 0 Å². The first-order valence-electron chi connectivity index (χ1n) is 13.8. The SMILES string of the molecule is CCc1ccc(-c2ccc3c(c2)c(-c2cn(-c4ccc5c(c4)CNCC5)nn2)nn3C2CCCCO2)cc1. The minimum absolute atomic E-state index is 0.0575. The van der Waals surface area contributed by atoms with Gasteiger partial charge < -0.3 is 10.1 Å². The lowest BCUT2D eigenvalue weighted by Crippen LogP contribution is -2.23. The van der Waals surface area contributed by atoms with Crippen LogP contribution < -0.4 is 5.32 Å². The summed E-state index contributed by atoms with van der Waals surface area (Å²) in [7, 11) is 0. The van der Waals surface area contributed by atoms with Crippen LogP contribution in [0.15, 0.2) is 66.9 Å². The van der Waals surface area contributed by atoms with E-state index in [1.807, 2.05) is 10.9 Å². The molecule has 7 nitrogen and oxygen atoms in total. The molecule has 1 N–H and O–H groups in total. The van der Waals surface area contributed by atoms with Crippen LogP contribution in [0.4, 0.5) is 0 Å². The van der Waals surface area contributed by atoms with Gasteiger partial charge in [0.25, 0.3) is 0 Å². The first-order chi connectivity index (χ1) is 18.8. The van der Waals surface area contributed by atoms with Gasteiger partial charge in [-0.15, -0.1) is 5.10 Å². The number of fused-ring (bicyclic) bond motifs is 2. The fraction of sp³-hybridized carbons (Fsp3) is 0.323. The molecule has 7 rings (SSSR count). The highest BCUT2D eigenvalue weighted by Gasteiger charge is 2.23. The molecule has 1 fully saturated rings. The fourth-order valence-electron chi connectivity index (χ4n) is 5.69. The summed E-state index contributed by atoms with van der Waals surface area (Å²) in [6.45, 7) is 4.88. The lowest BCUT2D eigenvalue weighted by atomic mass is 10.0. The predicted molar refractivity (Wildman–Crippen MR) is 149 cm³/mol. The molecule has 0 spiro atoms. The van der Waals surface area contributed by atoms with Crippen molar-refractivity contribution in [1.82, 2.24) is 30.1 Å². The van der Waals surface area contributed by atoms with Crippen LogP contribution in [-0.4, -0.2) is 37.9 Å². The van der Waals surface area contributed by atoms with Crippen molar-refractivity contribution < 1.29 is 4.74 Å². The summed E-state index contributed by atoms with van der Waals surface area (Å²) in [5.74, 6) is 0. The quantitative estimate of drug-likeness (QED) is 0.325. The predicted octanol–water partition coefficient (Wildman–Crippen LogP) is 5.86. The number of benzene rings is 3. The number of nitrogens with zero attached hydrogens (tertiary/aromatic N) is 5. The van der Waals surface area contributed by atoms with Crippen molar-refractivity contribution in [3.8, 4) is 28.2 Å². The van der Waals surface area contributed by atoms with Crippen molar-refractivity contribution in [2.45, 2.75) is 51.8 Å². The average Bonchev–Trinajstić information content (AvgIpc) is 3.62. The summed E-state index contributed by atoms with van der Waals surface area (Å²) < 4.78 is 10.1. The summed E-state index contributed by atoms with van der Waals surface area (Å²) in [5.41, 5.74) is 10.1. The van der Waals surface area contributed by atoms with E-state index >= 15 is 0 Å². The van der Waals surface area contributed by atoms with Gasteiger partial charge in [0.2, 0.25) is 0 Å². The second kappa shape index (κ2) is 9.82. The van der Waals surface area contributed by atoms with Crippen LogP contribution in [-0.2, 0) is 24.1 Å². The molecule has 2 aliphatic rings. The maximum Gasteiger partial charge on any atom is 0.150 e. The number of aryl methyl sites for hydroxylation is 1. The molecule has 1 saturated heterocycles. The molecule has 5 aromatic rings. The second-order valence-electron chi connectivity index (χ2n) is 10.3. The number of hydrogen-bond donors (Lipinski definition) is 1. The molecular weight excluding hydrogens is 472 g/mol. The van der Waals surface area contributed by atoms with Crippen molar-refractivity contribution in [2.75, 3.05) is 13.2 Å². The first-order valence-corrected chi connectivity index (χ1v) is 13.8. The van der Waals surface area contributed by atoms with Gasteiger partial charge in [-0.1, -0.05) is 48.5 Å². The molecule has 1 unspecified atom stereocenters. The van der Waals surface area contributed by atoms with Gasteiger partial charge in [0, 0.05) is 18.5 Å². The van der Waals surface area contributed by atoms with Crippen molar-refractivity contribution in [3.05, 3.63) is 83.6 Å². The second-order valence-corrected chi connectivity index (χ2v) is 10.3. The Morgan fingerprint density at radius 1 is 0.974 bits per heavy atom. The Morgan fingerprint density at radius 2 is 1.87 bits per heavy atom. The Labute approximate surface area is 222 Å². The smallest absolute Gasteiger partial charge is 0.150 e. The van der Waals surface area contributed by atoms with Gasteiger partial charge in [-0.05, 0) is 90.7 Å². The summed E-state index contributed by atoms with van der Waals surface area (Å²) in [5, 5.41) is 18.7. The van der Waals surface area contributed by atoms with Gasteiger partial charge in [-0.3, -0.25) is 0 Å². The Morgan fingerprint density at radius 3 is 2.71 bits per heavy atom. The van der Waals surface area contributed by atoms with Crippen LogP contribution in [0.2, 0.25) is 0 Å². The Hall–Kier alpha value is -3.81. The third-order valence-electron chi connectivity index (χ3n) is 7.91. The highest BCUT2D eigenvalue weighted by atomic mass is 16.5. The van der Waals surface area contributed by atoms with Crippen LogP contribution in [0, 0.1) is 0 Å². The summed E-state index contributed by atoms with van der Waals surface area (Å²) in [6, 6.07) is 22.0. The minimum Gasteiger partial charge on any atom is -0.356 e. The number of nitrogens with one attached hydrogen (secondary N) is 1. The lowest BCUT2D eigenvalue weighted by Gasteiger charge is -2.23. The van der Waals surface area contributed by atoms with Gasteiger partial charge in [-0.2, -0.15) is 5.10 Å². The fourth-order valence-corrected chi connectivity index (χ4v) is 5.69. The normalized spacial score (nSPS) is 17.6. The molecule has 2 aromatic heterocycles. The van der Waals surface area contributed by atoms with E-state index in [0.29, 0.717) is 0 Å².